The Hall–Kier alpha value is -2.43. The predicted octanol–water partition coefficient (Wildman–Crippen LogP) is 4.70. The molecule has 3 heterocycles. The Labute approximate surface area is 216 Å². The van der Waals surface area contributed by atoms with Gasteiger partial charge in [-0.1, -0.05) is 23.5 Å². The van der Waals surface area contributed by atoms with Gasteiger partial charge < -0.3 is 13.9 Å². The monoisotopic (exact) mass is 608 g/mol. The highest BCUT2D eigenvalue weighted by molar-refractivity contribution is 9.13. The molecule has 34 heavy (non-hydrogen) atoms. The molecule has 0 saturated heterocycles. The minimum atomic E-state index is -0.685. The molecule has 3 aromatic rings. The average Bonchev–Trinajstić information content (AvgIpc) is 3.25. The van der Waals surface area contributed by atoms with Crippen molar-refractivity contribution in [1.82, 2.24) is 4.57 Å². The Bertz CT molecular complexity index is 1430. The Morgan fingerprint density at radius 3 is 2.59 bits per heavy atom. The molecule has 1 atom stereocenters. The van der Waals surface area contributed by atoms with Gasteiger partial charge in [-0.15, -0.1) is 0 Å². The van der Waals surface area contributed by atoms with Gasteiger partial charge in [-0.25, -0.2) is 9.79 Å². The third-order valence-corrected chi connectivity index (χ3v) is 7.72. The molecule has 1 aromatic carbocycles. The number of allylic oxidation sites excluding steroid dienone is 1. The summed E-state index contributed by atoms with van der Waals surface area (Å²) in [6.45, 7) is 7.78. The predicted molar refractivity (Wildman–Crippen MR) is 137 cm³/mol. The first-order chi connectivity index (χ1) is 16.2. The maximum atomic E-state index is 13.6. The van der Waals surface area contributed by atoms with Crippen LogP contribution in [-0.4, -0.2) is 23.2 Å². The number of carbonyl (C=O) groups is 1. The van der Waals surface area contributed by atoms with E-state index in [1.807, 2.05) is 31.2 Å². The zero-order valence-corrected chi connectivity index (χ0v) is 22.9. The SMILES string of the molecule is CCOc1ccc([C@@H]2C(C(=O)OC(C)C)=C(C)N=c3s/c(=C/c4cc(Br)c(Br)o4)c(=O)n32)cc1. The molecule has 7 nitrogen and oxygen atoms in total. The fourth-order valence-corrected chi connectivity index (χ4v) is 5.29. The number of rotatable bonds is 6. The topological polar surface area (TPSA) is 83.0 Å². The molecule has 0 spiro atoms. The summed E-state index contributed by atoms with van der Waals surface area (Å²) in [5.41, 5.74) is 1.33. The summed E-state index contributed by atoms with van der Waals surface area (Å²) >= 11 is 7.94. The van der Waals surface area contributed by atoms with Crippen LogP contribution in [0.4, 0.5) is 0 Å². The zero-order chi connectivity index (χ0) is 24.6. The third-order valence-electron chi connectivity index (χ3n) is 5.03. The van der Waals surface area contributed by atoms with Crippen LogP contribution in [0.3, 0.4) is 0 Å². The molecule has 0 unspecified atom stereocenters. The Morgan fingerprint density at radius 2 is 2.00 bits per heavy atom. The van der Waals surface area contributed by atoms with Gasteiger partial charge in [0, 0.05) is 6.08 Å². The molecular formula is C24H22Br2N2O5S. The number of ether oxygens (including phenoxy) is 2. The summed E-state index contributed by atoms with van der Waals surface area (Å²) < 4.78 is 20.0. The lowest BCUT2D eigenvalue weighted by Gasteiger charge is -2.25. The number of esters is 1. The molecule has 0 N–H and O–H groups in total. The van der Waals surface area contributed by atoms with E-state index in [9.17, 15) is 9.59 Å². The van der Waals surface area contributed by atoms with Crippen LogP contribution in [0, 0.1) is 0 Å². The fourth-order valence-electron chi connectivity index (χ4n) is 3.65. The number of aromatic nitrogens is 1. The van der Waals surface area contributed by atoms with E-state index < -0.39 is 12.0 Å². The summed E-state index contributed by atoms with van der Waals surface area (Å²) in [7, 11) is 0. The number of carbonyl (C=O) groups excluding carboxylic acids is 1. The first-order valence-electron chi connectivity index (χ1n) is 10.6. The van der Waals surface area contributed by atoms with Crippen molar-refractivity contribution in [2.45, 2.75) is 39.8 Å². The van der Waals surface area contributed by atoms with Gasteiger partial charge in [0.05, 0.1) is 39.0 Å². The summed E-state index contributed by atoms with van der Waals surface area (Å²) in [6, 6.07) is 8.45. The first kappa shape index (κ1) is 24.7. The summed E-state index contributed by atoms with van der Waals surface area (Å²) in [5.74, 6) is 0.722. The van der Waals surface area contributed by atoms with E-state index in [0.717, 1.165) is 10.0 Å². The molecule has 0 fully saturated rings. The van der Waals surface area contributed by atoms with E-state index in [1.54, 1.807) is 37.5 Å². The van der Waals surface area contributed by atoms with Gasteiger partial charge in [0.2, 0.25) is 0 Å². The van der Waals surface area contributed by atoms with Gasteiger partial charge in [-0.2, -0.15) is 0 Å². The number of furan rings is 1. The maximum Gasteiger partial charge on any atom is 0.338 e. The van der Waals surface area contributed by atoms with Gasteiger partial charge in [-0.05, 0) is 83.3 Å². The quantitative estimate of drug-likeness (QED) is 0.378. The van der Waals surface area contributed by atoms with Gasteiger partial charge in [-0.3, -0.25) is 9.36 Å². The lowest BCUT2D eigenvalue weighted by Crippen LogP contribution is -2.40. The molecule has 10 heteroatoms. The summed E-state index contributed by atoms with van der Waals surface area (Å²) in [5, 5.41) is 0. The lowest BCUT2D eigenvalue weighted by molar-refractivity contribution is -0.143. The molecule has 0 radical (unpaired) electrons. The van der Waals surface area contributed by atoms with E-state index in [4.69, 9.17) is 13.9 Å². The Kier molecular flexibility index (Phi) is 7.30. The van der Waals surface area contributed by atoms with Gasteiger partial charge in [0.15, 0.2) is 9.47 Å². The first-order valence-corrected chi connectivity index (χ1v) is 13.0. The van der Waals surface area contributed by atoms with Gasteiger partial charge in [0.25, 0.3) is 5.56 Å². The van der Waals surface area contributed by atoms with Crippen LogP contribution in [0.25, 0.3) is 6.08 Å². The third kappa shape index (κ3) is 4.85. The van der Waals surface area contributed by atoms with Crippen LogP contribution >= 0.6 is 43.2 Å². The van der Waals surface area contributed by atoms with Crippen molar-refractivity contribution < 1.29 is 18.7 Å². The summed E-state index contributed by atoms with van der Waals surface area (Å²) in [4.78, 5) is 31.8. The average molecular weight is 610 g/mol. The van der Waals surface area contributed by atoms with Crippen LogP contribution in [0.1, 0.15) is 45.1 Å². The van der Waals surface area contributed by atoms with Crippen LogP contribution in [0.2, 0.25) is 0 Å². The highest BCUT2D eigenvalue weighted by Crippen LogP contribution is 2.32. The molecule has 1 aliphatic rings. The van der Waals surface area contributed by atoms with Crippen molar-refractivity contribution in [1.29, 1.82) is 0 Å². The number of nitrogens with zero attached hydrogens (tertiary/aromatic N) is 2. The van der Waals surface area contributed by atoms with Crippen LogP contribution < -0.4 is 19.6 Å². The number of hydrogen-bond donors (Lipinski definition) is 0. The number of fused-ring (bicyclic) bond motifs is 1. The minimum Gasteiger partial charge on any atom is -0.494 e. The van der Waals surface area contributed by atoms with E-state index >= 15 is 0 Å². The largest absolute Gasteiger partial charge is 0.494 e. The van der Waals surface area contributed by atoms with Crippen molar-refractivity contribution >= 4 is 55.2 Å². The second-order valence-corrected chi connectivity index (χ2v) is 10.4. The normalized spacial score (nSPS) is 16.0. The maximum absolute atomic E-state index is 13.6. The lowest BCUT2D eigenvalue weighted by atomic mass is 9.96. The van der Waals surface area contributed by atoms with Crippen LogP contribution in [-0.2, 0) is 9.53 Å². The molecule has 4 rings (SSSR count). The summed E-state index contributed by atoms with van der Waals surface area (Å²) in [6.07, 6.45) is 1.36. The van der Waals surface area contributed by atoms with E-state index in [0.29, 0.717) is 43.4 Å². The highest BCUT2D eigenvalue weighted by Gasteiger charge is 2.33. The number of halogens is 2. The highest BCUT2D eigenvalue weighted by atomic mass is 79.9. The number of thiazole rings is 1. The molecule has 178 valence electrons. The standard InChI is InChI=1S/C24H22Br2N2O5S/c1-5-31-15-8-6-14(7-9-15)20-19(23(30)32-12(2)3)13(4)27-24-28(20)22(29)18(34-24)11-16-10-17(25)21(26)33-16/h6-12,20H,5H2,1-4H3/b18-11+/t20-/m1/s1. The van der Waals surface area contributed by atoms with Crippen LogP contribution in [0.15, 0.2) is 64.9 Å². The van der Waals surface area contributed by atoms with Crippen molar-refractivity contribution in [2.24, 2.45) is 4.99 Å². The molecule has 0 amide bonds. The molecule has 0 bridgehead atoms. The Balaban J connectivity index is 1.91. The van der Waals surface area contributed by atoms with Crippen LogP contribution in [0.5, 0.6) is 5.75 Å². The minimum absolute atomic E-state index is 0.270. The van der Waals surface area contributed by atoms with E-state index in [-0.39, 0.29) is 11.7 Å². The van der Waals surface area contributed by atoms with Gasteiger partial charge in [0.1, 0.15) is 11.5 Å². The number of hydrogen-bond acceptors (Lipinski definition) is 7. The zero-order valence-electron chi connectivity index (χ0n) is 18.9. The van der Waals surface area contributed by atoms with Gasteiger partial charge >= 0.3 is 5.97 Å². The Morgan fingerprint density at radius 1 is 1.29 bits per heavy atom. The second-order valence-electron chi connectivity index (χ2n) is 7.81. The van der Waals surface area contributed by atoms with Crippen molar-refractivity contribution in [3.63, 3.8) is 0 Å². The van der Waals surface area contributed by atoms with Crippen molar-refractivity contribution in [3.05, 3.63) is 81.8 Å². The smallest absolute Gasteiger partial charge is 0.338 e. The van der Waals surface area contributed by atoms with E-state index in [2.05, 4.69) is 36.9 Å². The molecule has 2 aromatic heterocycles. The fraction of sp³-hybridized carbons (Fsp3) is 0.292. The second kappa shape index (κ2) is 10.1. The molecule has 0 aliphatic carbocycles. The number of benzene rings is 1. The molecule has 0 saturated carbocycles. The van der Waals surface area contributed by atoms with Crippen molar-refractivity contribution in [3.8, 4) is 5.75 Å². The molecular weight excluding hydrogens is 588 g/mol. The van der Waals surface area contributed by atoms with E-state index in [1.165, 1.54) is 11.3 Å². The van der Waals surface area contributed by atoms with Crippen molar-refractivity contribution in [2.75, 3.05) is 6.61 Å². The molecule has 1 aliphatic heterocycles.